The molecule has 0 aliphatic rings. The summed E-state index contributed by atoms with van der Waals surface area (Å²) >= 11 is 2.15. The summed E-state index contributed by atoms with van der Waals surface area (Å²) < 4.78 is 53.7. The third-order valence-electron chi connectivity index (χ3n) is 3.96. The van der Waals surface area contributed by atoms with Crippen molar-refractivity contribution >= 4 is 45.3 Å². The molecule has 0 saturated heterocycles. The van der Waals surface area contributed by atoms with Crippen LogP contribution < -0.4 is 5.32 Å². The first-order valence-electron chi connectivity index (χ1n) is 8.49. The summed E-state index contributed by atoms with van der Waals surface area (Å²) in [5.74, 6) is -0.189. The van der Waals surface area contributed by atoms with Gasteiger partial charge in [0.25, 0.3) is 0 Å². The maximum absolute atomic E-state index is 13.4. The first kappa shape index (κ1) is 21.9. The molecule has 4 aromatic rings. The monoisotopic (exact) mass is 530 g/mol. The summed E-state index contributed by atoms with van der Waals surface area (Å²) in [7, 11) is 0. The Bertz CT molecular complexity index is 1180. The van der Waals surface area contributed by atoms with Gasteiger partial charge >= 0.3 is 6.18 Å². The lowest BCUT2D eigenvalue weighted by atomic mass is 10.1. The smallest absolute Gasteiger partial charge is 0.307 e. The summed E-state index contributed by atoms with van der Waals surface area (Å²) in [6.07, 6.45) is -4.76. The normalized spacial score (nSPS) is 11.2. The van der Waals surface area contributed by atoms with Crippen molar-refractivity contribution in [3.8, 4) is 11.4 Å². The van der Waals surface area contributed by atoms with E-state index in [1.165, 1.54) is 0 Å². The van der Waals surface area contributed by atoms with Gasteiger partial charge in [0.2, 0.25) is 5.95 Å². The number of halogens is 5. The third-order valence-corrected chi connectivity index (χ3v) is 3.96. The lowest BCUT2D eigenvalue weighted by Crippen LogP contribution is -2.09. The number of para-hydroxylation sites is 1. The van der Waals surface area contributed by atoms with E-state index in [0.717, 1.165) is 12.1 Å². The standard InChI is InChI=1S/C18H12F4N6.CH3I/c1-9-23-17(28-27-9)26-16-12-4-2-3-5-14(12)24-15(25-16)11-7-6-10(19)8-13(11)18(20,21)22;1-2/h2-8H,1H3,(H2,23,24,25,26,27,28);1H3. The molecule has 2 heterocycles. The van der Waals surface area contributed by atoms with Gasteiger partial charge in [-0.1, -0.05) is 34.7 Å². The molecule has 2 aromatic heterocycles. The molecule has 6 nitrogen and oxygen atoms in total. The van der Waals surface area contributed by atoms with Crippen molar-refractivity contribution in [3.63, 3.8) is 0 Å². The van der Waals surface area contributed by atoms with Crippen LogP contribution in [0.15, 0.2) is 42.5 Å². The zero-order chi connectivity index (χ0) is 21.9. The summed E-state index contributed by atoms with van der Waals surface area (Å²) in [4.78, 5) is 14.6. The largest absolute Gasteiger partial charge is 0.417 e. The SMILES string of the molecule is CI.Cc1nc(Nc2nc(-c3ccc(F)cc3C(F)(F)F)nc3ccccc23)n[nH]1. The lowest BCUT2D eigenvalue weighted by molar-refractivity contribution is -0.137. The molecule has 0 atom stereocenters. The first-order valence-corrected chi connectivity index (χ1v) is 10.6. The van der Waals surface area contributed by atoms with Crippen LogP contribution in [0.2, 0.25) is 0 Å². The molecule has 0 radical (unpaired) electrons. The molecule has 0 spiro atoms. The van der Waals surface area contributed by atoms with Crippen LogP contribution in [0.4, 0.5) is 29.3 Å². The maximum Gasteiger partial charge on any atom is 0.417 e. The number of aromatic nitrogens is 5. The number of aryl methyl sites for hydroxylation is 1. The topological polar surface area (TPSA) is 79.4 Å². The molecule has 2 N–H and O–H groups in total. The number of nitrogens with zero attached hydrogens (tertiary/aromatic N) is 4. The Morgan fingerprint density at radius 1 is 1.00 bits per heavy atom. The number of alkyl halides is 4. The number of hydrogen-bond donors (Lipinski definition) is 2. The van der Waals surface area contributed by atoms with Gasteiger partial charge in [-0.3, -0.25) is 5.10 Å². The number of nitrogens with one attached hydrogen (secondary N) is 2. The molecular weight excluding hydrogens is 515 g/mol. The van der Waals surface area contributed by atoms with E-state index in [4.69, 9.17) is 0 Å². The van der Waals surface area contributed by atoms with Crippen LogP contribution in [-0.2, 0) is 6.18 Å². The van der Waals surface area contributed by atoms with Crippen molar-refractivity contribution in [3.05, 3.63) is 59.7 Å². The van der Waals surface area contributed by atoms with Gasteiger partial charge in [0, 0.05) is 10.9 Å². The predicted octanol–water partition coefficient (Wildman–Crippen LogP) is 5.68. The zero-order valence-corrected chi connectivity index (χ0v) is 17.9. The second kappa shape index (κ2) is 8.90. The van der Waals surface area contributed by atoms with E-state index in [1.807, 2.05) is 4.93 Å². The van der Waals surface area contributed by atoms with E-state index in [1.54, 1.807) is 31.2 Å². The molecule has 0 saturated carbocycles. The van der Waals surface area contributed by atoms with Crippen molar-refractivity contribution in [1.82, 2.24) is 25.1 Å². The Morgan fingerprint density at radius 3 is 2.40 bits per heavy atom. The molecule has 156 valence electrons. The van der Waals surface area contributed by atoms with Gasteiger partial charge in [-0.05, 0) is 42.2 Å². The second-order valence-electron chi connectivity index (χ2n) is 5.97. The van der Waals surface area contributed by atoms with Crippen molar-refractivity contribution < 1.29 is 17.6 Å². The van der Waals surface area contributed by atoms with Crippen LogP contribution in [0.1, 0.15) is 11.4 Å². The van der Waals surface area contributed by atoms with E-state index < -0.39 is 17.6 Å². The summed E-state index contributed by atoms with van der Waals surface area (Å²) in [5.41, 5.74) is -1.06. The van der Waals surface area contributed by atoms with Gasteiger partial charge in [-0.2, -0.15) is 18.2 Å². The minimum atomic E-state index is -4.76. The third kappa shape index (κ3) is 4.66. The molecule has 0 bridgehead atoms. The van der Waals surface area contributed by atoms with Crippen molar-refractivity contribution in [2.75, 3.05) is 10.2 Å². The minimum absolute atomic E-state index is 0.194. The number of aromatic amines is 1. The number of benzene rings is 2. The van der Waals surface area contributed by atoms with Crippen LogP contribution >= 0.6 is 22.6 Å². The van der Waals surface area contributed by atoms with Crippen LogP contribution in [-0.4, -0.2) is 30.1 Å². The molecule has 0 fully saturated rings. The second-order valence-corrected chi connectivity index (χ2v) is 5.97. The van der Waals surface area contributed by atoms with Gasteiger partial charge in [-0.25, -0.2) is 14.4 Å². The van der Waals surface area contributed by atoms with Crippen LogP contribution in [0.25, 0.3) is 22.3 Å². The van der Waals surface area contributed by atoms with E-state index in [0.29, 0.717) is 22.8 Å². The molecule has 0 amide bonds. The van der Waals surface area contributed by atoms with Crippen LogP contribution in [0.3, 0.4) is 0 Å². The van der Waals surface area contributed by atoms with Crippen molar-refractivity contribution in [1.29, 1.82) is 0 Å². The Balaban J connectivity index is 0.00000124. The zero-order valence-electron chi connectivity index (χ0n) is 15.7. The number of H-pyrrole nitrogens is 1. The van der Waals surface area contributed by atoms with Crippen LogP contribution in [0.5, 0.6) is 0 Å². The highest BCUT2D eigenvalue weighted by Crippen LogP contribution is 2.37. The van der Waals surface area contributed by atoms with Crippen molar-refractivity contribution in [2.24, 2.45) is 0 Å². The number of rotatable bonds is 3. The fourth-order valence-electron chi connectivity index (χ4n) is 2.74. The van der Waals surface area contributed by atoms with Crippen molar-refractivity contribution in [2.45, 2.75) is 13.1 Å². The highest BCUT2D eigenvalue weighted by molar-refractivity contribution is 14.1. The summed E-state index contributed by atoms with van der Waals surface area (Å²) in [6, 6.07) is 9.20. The minimum Gasteiger partial charge on any atom is -0.307 e. The van der Waals surface area contributed by atoms with Gasteiger partial charge in [0.15, 0.2) is 5.82 Å². The highest BCUT2D eigenvalue weighted by atomic mass is 127. The fourth-order valence-corrected chi connectivity index (χ4v) is 2.74. The van der Waals surface area contributed by atoms with Gasteiger partial charge in [-0.15, -0.1) is 5.10 Å². The predicted molar refractivity (Wildman–Crippen MR) is 114 cm³/mol. The van der Waals surface area contributed by atoms with Gasteiger partial charge < -0.3 is 5.32 Å². The fraction of sp³-hybridized carbons (Fsp3) is 0.158. The number of fused-ring (bicyclic) bond motifs is 1. The van der Waals surface area contributed by atoms with E-state index in [9.17, 15) is 17.6 Å². The molecule has 0 unspecified atom stereocenters. The molecule has 11 heteroatoms. The maximum atomic E-state index is 13.4. The number of hydrogen-bond acceptors (Lipinski definition) is 5. The average molecular weight is 530 g/mol. The molecule has 0 aliphatic heterocycles. The Hall–Kier alpha value is -2.83. The molecular formula is C19H15F4IN6. The molecule has 0 aliphatic carbocycles. The van der Waals surface area contributed by atoms with Crippen LogP contribution in [0, 0.1) is 12.7 Å². The van der Waals surface area contributed by atoms with E-state index >= 15 is 0 Å². The highest BCUT2D eigenvalue weighted by Gasteiger charge is 2.35. The lowest BCUT2D eigenvalue weighted by Gasteiger charge is -2.14. The number of anilines is 2. The summed E-state index contributed by atoms with van der Waals surface area (Å²) in [5, 5.41) is 10.1. The van der Waals surface area contributed by atoms with E-state index in [2.05, 4.69) is 53.1 Å². The Labute approximate surface area is 182 Å². The molecule has 2 aromatic carbocycles. The Morgan fingerprint density at radius 2 is 1.73 bits per heavy atom. The Kier molecular flexibility index (Phi) is 6.48. The average Bonchev–Trinajstić information content (AvgIpc) is 3.13. The quantitative estimate of drug-likeness (QED) is 0.203. The summed E-state index contributed by atoms with van der Waals surface area (Å²) in [6.45, 7) is 1.70. The molecule has 4 rings (SSSR count). The first-order chi connectivity index (χ1) is 14.3. The van der Waals surface area contributed by atoms with E-state index in [-0.39, 0.29) is 23.2 Å². The molecule has 30 heavy (non-hydrogen) atoms. The van der Waals surface area contributed by atoms with Gasteiger partial charge in [0.1, 0.15) is 17.5 Å². The van der Waals surface area contributed by atoms with Gasteiger partial charge in [0.05, 0.1) is 11.1 Å².